The van der Waals surface area contributed by atoms with Crippen molar-refractivity contribution in [3.05, 3.63) is 95.7 Å². The lowest BCUT2D eigenvalue weighted by atomic mass is 10.0. The van der Waals surface area contributed by atoms with Crippen LogP contribution >= 0.6 is 0 Å². The Morgan fingerprint density at radius 1 is 1.10 bits per heavy atom. The lowest BCUT2D eigenvalue weighted by Gasteiger charge is -2.33. The first-order valence-electron chi connectivity index (χ1n) is 10.5. The molecule has 3 heterocycles. The van der Waals surface area contributed by atoms with Gasteiger partial charge in [0.1, 0.15) is 23.3 Å². The van der Waals surface area contributed by atoms with Crippen LogP contribution in [0.5, 0.6) is 0 Å². The average molecular weight is 415 g/mol. The van der Waals surface area contributed by atoms with E-state index in [1.54, 1.807) is 18.5 Å². The summed E-state index contributed by atoms with van der Waals surface area (Å²) in [5, 5.41) is 1.83. The molecule has 1 aliphatic rings. The second kappa shape index (κ2) is 8.30. The van der Waals surface area contributed by atoms with Crippen LogP contribution in [0.25, 0.3) is 10.8 Å². The largest absolute Gasteiger partial charge is 0.443 e. The number of carbonyl (C=O) groups is 1. The summed E-state index contributed by atoms with van der Waals surface area (Å²) >= 11 is 0. The lowest BCUT2D eigenvalue weighted by molar-refractivity contribution is 0.0566. The number of nitrogens with zero attached hydrogens (tertiary/aromatic N) is 3. The molecule has 0 radical (unpaired) electrons. The fourth-order valence-corrected chi connectivity index (χ4v) is 4.26. The molecule has 1 saturated heterocycles. The van der Waals surface area contributed by atoms with E-state index in [1.165, 1.54) is 12.1 Å². The maximum atomic E-state index is 13.5. The summed E-state index contributed by atoms with van der Waals surface area (Å²) in [6.45, 7) is 0.635. The Bertz CT molecular complexity index is 1230. The Morgan fingerprint density at radius 2 is 2.00 bits per heavy atom. The first-order valence-corrected chi connectivity index (χ1v) is 10.5. The van der Waals surface area contributed by atoms with E-state index in [0.717, 1.165) is 35.6 Å². The van der Waals surface area contributed by atoms with Crippen molar-refractivity contribution in [2.75, 3.05) is 6.54 Å². The maximum Gasteiger partial charge on any atom is 0.273 e. The molecule has 0 bridgehead atoms. The van der Waals surface area contributed by atoms with Crippen molar-refractivity contribution >= 4 is 16.7 Å². The molecule has 1 atom stereocenters. The number of hydrogen-bond donors (Lipinski definition) is 0. The van der Waals surface area contributed by atoms with Gasteiger partial charge in [-0.05, 0) is 48.4 Å². The predicted molar refractivity (Wildman–Crippen MR) is 115 cm³/mol. The number of oxazole rings is 1. The molecule has 1 fully saturated rings. The van der Waals surface area contributed by atoms with Gasteiger partial charge in [-0.1, -0.05) is 36.4 Å². The highest BCUT2D eigenvalue weighted by Gasteiger charge is 2.33. The van der Waals surface area contributed by atoms with Gasteiger partial charge in [0.25, 0.3) is 5.91 Å². The summed E-state index contributed by atoms with van der Waals surface area (Å²) in [6.07, 6.45) is 6.53. The number of amides is 1. The number of pyridine rings is 1. The minimum Gasteiger partial charge on any atom is -0.443 e. The van der Waals surface area contributed by atoms with Crippen molar-refractivity contribution < 1.29 is 13.6 Å². The molecule has 0 N–H and O–H groups in total. The molecular weight excluding hydrogens is 393 g/mol. The molecule has 5 nitrogen and oxygen atoms in total. The topological polar surface area (TPSA) is 59.2 Å². The molecule has 0 aliphatic carbocycles. The van der Waals surface area contributed by atoms with Gasteiger partial charge in [-0.25, -0.2) is 9.37 Å². The van der Waals surface area contributed by atoms with Crippen LogP contribution in [-0.4, -0.2) is 27.3 Å². The van der Waals surface area contributed by atoms with E-state index in [9.17, 15) is 9.18 Å². The predicted octanol–water partition coefficient (Wildman–Crippen LogP) is 5.32. The Hall–Kier alpha value is -3.54. The van der Waals surface area contributed by atoms with Crippen LogP contribution < -0.4 is 0 Å². The zero-order chi connectivity index (χ0) is 21.2. The van der Waals surface area contributed by atoms with E-state index in [1.807, 2.05) is 41.3 Å². The van der Waals surface area contributed by atoms with Gasteiger partial charge in [-0.2, -0.15) is 0 Å². The molecule has 6 heteroatoms. The second-order valence-electron chi connectivity index (χ2n) is 7.86. The second-order valence-corrected chi connectivity index (χ2v) is 7.86. The molecule has 0 spiro atoms. The maximum absolute atomic E-state index is 13.5. The van der Waals surface area contributed by atoms with Crippen molar-refractivity contribution in [3.63, 3.8) is 0 Å². The Balaban J connectivity index is 1.42. The Kier molecular flexibility index (Phi) is 5.20. The van der Waals surface area contributed by atoms with E-state index < -0.39 is 0 Å². The molecule has 0 unspecified atom stereocenters. The Labute approximate surface area is 179 Å². The third-order valence-corrected chi connectivity index (χ3v) is 5.76. The molecule has 156 valence electrons. The van der Waals surface area contributed by atoms with Crippen LogP contribution in [-0.2, 0) is 6.42 Å². The first-order chi connectivity index (χ1) is 15.2. The molecule has 5 rings (SSSR count). The number of likely N-dealkylation sites (tertiary alicyclic amines) is 1. The number of benzene rings is 2. The van der Waals surface area contributed by atoms with Crippen LogP contribution in [0.2, 0.25) is 0 Å². The number of halogens is 1. The number of piperidine rings is 1. The molecule has 2 aromatic heterocycles. The zero-order valence-corrected chi connectivity index (χ0v) is 17.0. The first kappa shape index (κ1) is 19.4. The average Bonchev–Trinajstić information content (AvgIpc) is 3.26. The number of aromatic nitrogens is 2. The molecule has 4 aromatic rings. The van der Waals surface area contributed by atoms with Gasteiger partial charge in [-0.3, -0.25) is 9.78 Å². The third kappa shape index (κ3) is 3.93. The smallest absolute Gasteiger partial charge is 0.273 e. The van der Waals surface area contributed by atoms with Crippen LogP contribution in [0.15, 0.2) is 71.4 Å². The Morgan fingerprint density at radius 3 is 2.90 bits per heavy atom. The number of carbonyl (C=O) groups excluding carboxylic acids is 1. The molecule has 31 heavy (non-hydrogen) atoms. The summed E-state index contributed by atoms with van der Waals surface area (Å²) in [6, 6.07) is 15.9. The van der Waals surface area contributed by atoms with Crippen LogP contribution in [0, 0.1) is 5.82 Å². The fraction of sp³-hybridized carbons (Fsp3) is 0.240. The van der Waals surface area contributed by atoms with E-state index in [0.29, 0.717) is 30.3 Å². The zero-order valence-electron chi connectivity index (χ0n) is 17.0. The molecule has 1 amide bonds. The van der Waals surface area contributed by atoms with E-state index >= 15 is 0 Å². The van der Waals surface area contributed by atoms with Crippen LogP contribution in [0.1, 0.15) is 53.0 Å². The SMILES string of the molecule is O=C(c1nccc2ccccc12)N1CCCC[C@H]1c1ncc(Cc2cccc(F)c2)o1. The van der Waals surface area contributed by atoms with Gasteiger partial charge in [0.2, 0.25) is 5.89 Å². The van der Waals surface area contributed by atoms with Crippen molar-refractivity contribution in [2.45, 2.75) is 31.7 Å². The minimum atomic E-state index is -0.274. The van der Waals surface area contributed by atoms with Crippen LogP contribution in [0.4, 0.5) is 4.39 Å². The number of hydrogen-bond acceptors (Lipinski definition) is 4. The number of rotatable bonds is 4. The summed E-state index contributed by atoms with van der Waals surface area (Å²) < 4.78 is 19.5. The molecular formula is C25H22FN3O2. The molecule has 1 aliphatic heterocycles. The van der Waals surface area contributed by atoms with Crippen molar-refractivity contribution in [1.29, 1.82) is 0 Å². The lowest BCUT2D eigenvalue weighted by Crippen LogP contribution is -2.39. The minimum absolute atomic E-state index is 0.105. The van der Waals surface area contributed by atoms with Gasteiger partial charge >= 0.3 is 0 Å². The fourth-order valence-electron chi connectivity index (χ4n) is 4.26. The highest BCUT2D eigenvalue weighted by Crippen LogP contribution is 2.33. The van der Waals surface area contributed by atoms with E-state index in [4.69, 9.17) is 4.42 Å². The van der Waals surface area contributed by atoms with Gasteiger partial charge in [0.05, 0.1) is 6.20 Å². The summed E-state index contributed by atoms with van der Waals surface area (Å²) in [5.41, 5.74) is 1.27. The van der Waals surface area contributed by atoms with Gasteiger partial charge in [0.15, 0.2) is 0 Å². The van der Waals surface area contributed by atoms with Crippen LogP contribution in [0.3, 0.4) is 0 Å². The van der Waals surface area contributed by atoms with Gasteiger partial charge in [0, 0.05) is 24.5 Å². The van der Waals surface area contributed by atoms with Gasteiger partial charge < -0.3 is 9.32 Å². The highest BCUT2D eigenvalue weighted by atomic mass is 19.1. The van der Waals surface area contributed by atoms with E-state index in [-0.39, 0.29) is 17.8 Å². The summed E-state index contributed by atoms with van der Waals surface area (Å²) in [4.78, 5) is 24.2. The highest BCUT2D eigenvalue weighted by molar-refractivity contribution is 6.05. The van der Waals surface area contributed by atoms with Crippen molar-refractivity contribution in [3.8, 4) is 0 Å². The van der Waals surface area contributed by atoms with E-state index in [2.05, 4.69) is 9.97 Å². The van der Waals surface area contributed by atoms with Crippen molar-refractivity contribution in [1.82, 2.24) is 14.9 Å². The quantitative estimate of drug-likeness (QED) is 0.453. The molecule has 2 aromatic carbocycles. The monoisotopic (exact) mass is 415 g/mol. The standard InChI is InChI=1S/C25H22FN3O2/c26-19-8-5-6-17(14-19)15-20-16-28-24(31-20)22-10-3-4-13-29(22)25(30)23-21-9-2-1-7-18(21)11-12-27-23/h1-2,5-9,11-12,14,16,22H,3-4,10,13,15H2/t22-/m0/s1. The summed E-state index contributed by atoms with van der Waals surface area (Å²) in [7, 11) is 0. The van der Waals surface area contributed by atoms with Gasteiger partial charge in [-0.15, -0.1) is 0 Å². The summed E-state index contributed by atoms with van der Waals surface area (Å²) in [5.74, 6) is 0.803. The third-order valence-electron chi connectivity index (χ3n) is 5.76. The number of fused-ring (bicyclic) bond motifs is 1. The molecule has 0 saturated carbocycles. The van der Waals surface area contributed by atoms with Crippen molar-refractivity contribution in [2.24, 2.45) is 0 Å². The normalized spacial score (nSPS) is 16.5.